The third kappa shape index (κ3) is 8.36. The first-order valence-electron chi connectivity index (χ1n) is 13.9. The number of halogens is 1. The number of non-ortho nitro benzene ring substituents is 1. The van der Waals surface area contributed by atoms with E-state index in [4.69, 9.17) is 10.1 Å². The van der Waals surface area contributed by atoms with Crippen LogP contribution in [0.2, 0.25) is 0 Å². The second-order valence-electron chi connectivity index (χ2n) is 11.1. The Bertz CT molecular complexity index is 1860. The Hall–Kier alpha value is -4.97. The van der Waals surface area contributed by atoms with Crippen LogP contribution in [0.25, 0.3) is 33.7 Å². The molecule has 0 fully saturated rings. The quantitative estimate of drug-likeness (QED) is 0.0804. The number of carbonyl (C=O) groups excluding carboxylic acids is 1. The van der Waals surface area contributed by atoms with Crippen molar-refractivity contribution in [2.75, 3.05) is 27.7 Å². The van der Waals surface area contributed by atoms with Crippen LogP contribution in [0.5, 0.6) is 0 Å². The third-order valence-corrected chi connectivity index (χ3v) is 7.64. The average molecular weight is 643 g/mol. The van der Waals surface area contributed by atoms with Gasteiger partial charge in [0.2, 0.25) is 5.13 Å². The molecule has 0 unspecified atom stereocenters. The van der Waals surface area contributed by atoms with Crippen molar-refractivity contribution < 1.29 is 14.2 Å². The Balaban J connectivity index is 0.00000461. The van der Waals surface area contributed by atoms with Crippen LogP contribution in [-0.2, 0) is 4.79 Å². The van der Waals surface area contributed by atoms with Gasteiger partial charge in [-0.05, 0) is 24.6 Å². The van der Waals surface area contributed by atoms with E-state index >= 15 is 0 Å². The van der Waals surface area contributed by atoms with Crippen LogP contribution in [0.15, 0.2) is 102 Å². The van der Waals surface area contributed by atoms with Gasteiger partial charge in [0.25, 0.3) is 11.6 Å². The number of likely N-dealkylation sites (N-methyl/N-ethyl adjacent to an activating group) is 1. The maximum absolute atomic E-state index is 12.7. The number of hydrogen-bond acceptors (Lipinski definition) is 7. The Labute approximate surface area is 271 Å². The van der Waals surface area contributed by atoms with Gasteiger partial charge in [-0.25, -0.2) is 15.1 Å². The van der Waals surface area contributed by atoms with Gasteiger partial charge in [-0.1, -0.05) is 90.2 Å². The molecule has 230 valence electrons. The summed E-state index contributed by atoms with van der Waals surface area (Å²) in [5.74, 6) is -0.243. The molecule has 0 saturated heterocycles. The van der Waals surface area contributed by atoms with Gasteiger partial charge < -0.3 is 4.48 Å². The number of aryl methyl sites for hydroxylation is 1. The molecule has 0 saturated carbocycles. The first kappa shape index (κ1) is 32.9. The number of nitro groups is 1. The molecule has 0 aliphatic rings. The van der Waals surface area contributed by atoms with Crippen molar-refractivity contribution >= 4 is 47.1 Å². The van der Waals surface area contributed by atoms with Gasteiger partial charge in [0, 0.05) is 23.3 Å². The molecule has 0 atom stereocenters. The maximum atomic E-state index is 12.7. The molecule has 0 radical (unpaired) electrons. The molecule has 0 bridgehead atoms. The minimum atomic E-state index is -0.435. The number of hydrazone groups is 1. The van der Waals surface area contributed by atoms with Crippen molar-refractivity contribution in [3.63, 3.8) is 0 Å². The molecule has 10 nitrogen and oxygen atoms in total. The first-order chi connectivity index (χ1) is 21.1. The number of allylic oxidation sites excluding steroid dienone is 1. The van der Waals surface area contributed by atoms with Gasteiger partial charge in [0.15, 0.2) is 6.54 Å². The number of rotatable bonds is 10. The fraction of sp³-hybridized carbons (Fsp3) is 0.152. The van der Waals surface area contributed by atoms with Gasteiger partial charge >= 0.3 is 0 Å². The maximum Gasteiger partial charge on any atom is 0.295 e. The van der Waals surface area contributed by atoms with E-state index in [-0.39, 0.29) is 30.5 Å². The van der Waals surface area contributed by atoms with E-state index in [2.05, 4.69) is 10.5 Å². The standard InChI is InChI=1S/C33H31N7O3S.ClH/c1-23-32(28(35-36-31(41)22-40(2,3)4)19-18-24-12-11-17-27(20-24)39(42)43)44-33(34-23)38-30(26-15-9-6-10-16-26)21-29(37-38)25-13-7-5-8-14-25;/h5-21H,22H2,1-4H3;1H/p+1/b19-18-,35-28-;. The number of nitrogens with one attached hydrogen (secondary N) is 1. The second kappa shape index (κ2) is 14.2. The van der Waals surface area contributed by atoms with Crippen molar-refractivity contribution in [3.8, 4) is 27.6 Å². The number of nitrogens with zero attached hydrogens (tertiary/aromatic N) is 6. The van der Waals surface area contributed by atoms with E-state index in [1.54, 1.807) is 24.3 Å². The zero-order valence-electron chi connectivity index (χ0n) is 25.2. The molecule has 1 N–H and O–H groups in total. The highest BCUT2D eigenvalue weighted by molar-refractivity contribution is 7.16. The van der Waals surface area contributed by atoms with E-state index in [0.29, 0.717) is 26.6 Å². The van der Waals surface area contributed by atoms with Crippen LogP contribution in [0.3, 0.4) is 0 Å². The molecule has 0 aliphatic carbocycles. The monoisotopic (exact) mass is 642 g/mol. The lowest BCUT2D eigenvalue weighted by Gasteiger charge is -2.22. The van der Waals surface area contributed by atoms with Crippen LogP contribution in [-0.4, -0.2) is 63.5 Å². The lowest BCUT2D eigenvalue weighted by atomic mass is 10.1. The molecule has 5 aromatic rings. The number of nitro benzene ring substituents is 1. The number of amides is 1. The van der Waals surface area contributed by atoms with E-state index in [9.17, 15) is 14.9 Å². The van der Waals surface area contributed by atoms with Crippen molar-refractivity contribution in [1.29, 1.82) is 0 Å². The van der Waals surface area contributed by atoms with Gasteiger partial charge in [-0.2, -0.15) is 10.2 Å². The Morgan fingerprint density at radius 1 is 1.00 bits per heavy atom. The lowest BCUT2D eigenvalue weighted by molar-refractivity contribution is -0.862. The number of thiazole rings is 1. The molecule has 45 heavy (non-hydrogen) atoms. The number of quaternary nitrogens is 1. The van der Waals surface area contributed by atoms with Gasteiger partial charge in [0.05, 0.1) is 48.0 Å². The van der Waals surface area contributed by atoms with E-state index in [0.717, 1.165) is 27.4 Å². The van der Waals surface area contributed by atoms with E-state index in [1.807, 2.05) is 99.5 Å². The Morgan fingerprint density at radius 3 is 2.31 bits per heavy atom. The fourth-order valence-electron chi connectivity index (χ4n) is 4.47. The molecule has 3 aromatic carbocycles. The van der Waals surface area contributed by atoms with Crippen LogP contribution in [0, 0.1) is 17.0 Å². The minimum Gasteiger partial charge on any atom is -0.323 e. The topological polar surface area (TPSA) is 115 Å². The predicted octanol–water partition coefficient (Wildman–Crippen LogP) is 6.54. The van der Waals surface area contributed by atoms with Gasteiger partial charge in [-0.15, -0.1) is 12.4 Å². The summed E-state index contributed by atoms with van der Waals surface area (Å²) in [4.78, 5) is 29.1. The van der Waals surface area contributed by atoms with Crippen molar-refractivity contribution in [2.45, 2.75) is 6.92 Å². The summed E-state index contributed by atoms with van der Waals surface area (Å²) in [6, 6.07) is 28.3. The molecular formula is C33H33ClN7O3S+. The Kier molecular flexibility index (Phi) is 10.4. The van der Waals surface area contributed by atoms with E-state index < -0.39 is 4.92 Å². The summed E-state index contributed by atoms with van der Waals surface area (Å²) >= 11 is 1.39. The van der Waals surface area contributed by atoms with Crippen molar-refractivity contribution in [1.82, 2.24) is 20.2 Å². The molecule has 0 aliphatic heterocycles. The zero-order valence-corrected chi connectivity index (χ0v) is 26.9. The predicted molar refractivity (Wildman–Crippen MR) is 182 cm³/mol. The van der Waals surface area contributed by atoms with Crippen LogP contribution >= 0.6 is 23.7 Å². The van der Waals surface area contributed by atoms with E-state index in [1.165, 1.54) is 23.5 Å². The smallest absolute Gasteiger partial charge is 0.295 e. The molecule has 2 aromatic heterocycles. The zero-order chi connectivity index (χ0) is 31.3. The number of hydrogen-bond donors (Lipinski definition) is 1. The largest absolute Gasteiger partial charge is 0.323 e. The highest BCUT2D eigenvalue weighted by Gasteiger charge is 2.20. The summed E-state index contributed by atoms with van der Waals surface area (Å²) in [6.45, 7) is 2.11. The molecular weight excluding hydrogens is 610 g/mol. The number of carbonyl (C=O) groups is 1. The van der Waals surface area contributed by atoms with Gasteiger partial charge in [-0.3, -0.25) is 14.9 Å². The molecule has 12 heteroatoms. The van der Waals surface area contributed by atoms with Gasteiger partial charge in [0.1, 0.15) is 5.71 Å². The lowest BCUT2D eigenvalue weighted by Crippen LogP contribution is -2.43. The third-order valence-electron chi connectivity index (χ3n) is 6.48. The number of aromatic nitrogens is 3. The average Bonchev–Trinajstić information content (AvgIpc) is 3.61. The fourth-order valence-corrected chi connectivity index (χ4v) is 5.47. The summed E-state index contributed by atoms with van der Waals surface area (Å²) in [5, 5.41) is 21.4. The molecule has 1 amide bonds. The summed E-state index contributed by atoms with van der Waals surface area (Å²) in [5.41, 5.74) is 8.11. The normalized spacial score (nSPS) is 11.8. The summed E-state index contributed by atoms with van der Waals surface area (Å²) in [6.07, 6.45) is 3.46. The highest BCUT2D eigenvalue weighted by Crippen LogP contribution is 2.31. The molecule has 2 heterocycles. The number of benzene rings is 3. The minimum absolute atomic E-state index is 0. The molecule has 0 spiro atoms. The SMILES string of the molecule is Cc1nc(-n2nc(-c3ccccc3)cc2-c2ccccc2)sc1C(/C=C\c1cccc([N+](=O)[O-])c1)=N\NC(=O)C[N+](C)(C)C.Cl. The highest BCUT2D eigenvalue weighted by atomic mass is 35.5. The second-order valence-corrected chi connectivity index (χ2v) is 12.1. The Morgan fingerprint density at radius 2 is 1.67 bits per heavy atom. The molecule has 5 rings (SSSR count). The van der Waals surface area contributed by atoms with Crippen molar-refractivity contribution in [2.24, 2.45) is 5.10 Å². The summed E-state index contributed by atoms with van der Waals surface area (Å²) in [7, 11) is 5.76. The van der Waals surface area contributed by atoms with Crippen molar-refractivity contribution in [3.05, 3.63) is 123 Å². The summed E-state index contributed by atoms with van der Waals surface area (Å²) < 4.78 is 2.27. The van der Waals surface area contributed by atoms with Crippen LogP contribution in [0.1, 0.15) is 16.1 Å². The van der Waals surface area contributed by atoms with Crippen LogP contribution in [0.4, 0.5) is 5.69 Å². The van der Waals surface area contributed by atoms with Crippen LogP contribution < -0.4 is 5.43 Å². The first-order valence-corrected chi connectivity index (χ1v) is 14.7.